The third-order valence-electron chi connectivity index (χ3n) is 3.10. The van der Waals surface area contributed by atoms with Gasteiger partial charge in [0, 0.05) is 16.8 Å². The lowest BCUT2D eigenvalue weighted by Crippen LogP contribution is -2.07. The minimum absolute atomic E-state index is 0.337. The molecule has 2 heteroatoms. The molecule has 15 heavy (non-hydrogen) atoms. The third-order valence-corrected chi connectivity index (χ3v) is 3.59. The van der Waals surface area contributed by atoms with Crippen LogP contribution < -0.4 is 0 Å². The van der Waals surface area contributed by atoms with Crippen LogP contribution in [0.3, 0.4) is 0 Å². The molecule has 0 aliphatic heterocycles. The molecule has 2 rings (SSSR count). The number of rotatable bonds is 3. The van der Waals surface area contributed by atoms with Crippen molar-refractivity contribution in [3.8, 4) is 0 Å². The average molecular weight is 267 g/mol. The maximum atomic E-state index is 11.5. The molecule has 1 fully saturated rings. The summed E-state index contributed by atoms with van der Waals surface area (Å²) < 4.78 is 1.12. The van der Waals surface area contributed by atoms with E-state index in [0.717, 1.165) is 36.6 Å². The van der Waals surface area contributed by atoms with Crippen LogP contribution in [-0.4, -0.2) is 5.78 Å². The molecule has 1 aromatic rings. The molecule has 0 radical (unpaired) electrons. The predicted octanol–water partition coefficient (Wildman–Crippen LogP) is 3.75. The Morgan fingerprint density at radius 2 is 2.27 bits per heavy atom. The van der Waals surface area contributed by atoms with Gasteiger partial charge >= 0.3 is 0 Å². The van der Waals surface area contributed by atoms with Crippen LogP contribution in [0.5, 0.6) is 0 Å². The lowest BCUT2D eigenvalue weighted by Gasteiger charge is -2.07. The van der Waals surface area contributed by atoms with Gasteiger partial charge in [0.2, 0.25) is 0 Å². The van der Waals surface area contributed by atoms with E-state index in [0.29, 0.717) is 11.7 Å². The molecule has 0 aromatic heterocycles. The van der Waals surface area contributed by atoms with Gasteiger partial charge in [-0.15, -0.1) is 0 Å². The average Bonchev–Trinajstić information content (AvgIpc) is 2.61. The van der Waals surface area contributed by atoms with Gasteiger partial charge in [0.15, 0.2) is 0 Å². The van der Waals surface area contributed by atoms with E-state index < -0.39 is 0 Å². The van der Waals surface area contributed by atoms with Crippen LogP contribution >= 0.6 is 15.9 Å². The van der Waals surface area contributed by atoms with Crippen LogP contribution in [-0.2, 0) is 11.2 Å². The molecule has 0 amide bonds. The Labute approximate surface area is 99.0 Å². The van der Waals surface area contributed by atoms with E-state index in [-0.39, 0.29) is 0 Å². The largest absolute Gasteiger partial charge is 0.299 e. The zero-order valence-electron chi connectivity index (χ0n) is 8.71. The lowest BCUT2D eigenvalue weighted by atomic mass is 9.97. The van der Waals surface area contributed by atoms with Gasteiger partial charge in [-0.1, -0.05) is 28.1 Å². The Morgan fingerprint density at radius 1 is 1.40 bits per heavy atom. The number of ketones is 1. The Morgan fingerprint density at radius 3 is 2.93 bits per heavy atom. The second-order valence-corrected chi connectivity index (χ2v) is 5.14. The van der Waals surface area contributed by atoms with E-state index in [9.17, 15) is 4.79 Å². The van der Waals surface area contributed by atoms with Crippen LogP contribution in [0.2, 0.25) is 0 Å². The van der Waals surface area contributed by atoms with Gasteiger partial charge < -0.3 is 0 Å². The van der Waals surface area contributed by atoms with Crippen molar-refractivity contribution in [3.63, 3.8) is 0 Å². The van der Waals surface area contributed by atoms with E-state index in [1.54, 1.807) is 0 Å². The van der Waals surface area contributed by atoms with E-state index >= 15 is 0 Å². The fourth-order valence-electron chi connectivity index (χ4n) is 2.23. The molecule has 0 saturated heterocycles. The van der Waals surface area contributed by atoms with Crippen molar-refractivity contribution in [2.45, 2.75) is 32.1 Å². The van der Waals surface area contributed by atoms with Crippen molar-refractivity contribution in [1.82, 2.24) is 0 Å². The molecule has 1 aromatic carbocycles. The highest BCUT2D eigenvalue weighted by Gasteiger charge is 2.23. The minimum Gasteiger partial charge on any atom is -0.299 e. The number of Topliss-reactive ketones (excluding diaryl/α,β-unsaturated/α-hetero) is 1. The highest BCUT2D eigenvalue weighted by molar-refractivity contribution is 9.10. The number of halogens is 1. The van der Waals surface area contributed by atoms with E-state index in [1.165, 1.54) is 5.56 Å². The standard InChI is InChI=1S/C13H15BrO/c14-12-5-1-3-10(9-12)7-8-11-4-2-6-13(11)15/h1,3,5,9,11H,2,4,6-8H2. The van der Waals surface area contributed by atoms with Gasteiger partial charge in [-0.3, -0.25) is 4.79 Å². The molecule has 80 valence electrons. The summed E-state index contributed by atoms with van der Waals surface area (Å²) in [5, 5.41) is 0. The third kappa shape index (κ3) is 2.91. The number of hydrogen-bond acceptors (Lipinski definition) is 1. The van der Waals surface area contributed by atoms with Gasteiger partial charge in [0.05, 0.1) is 0 Å². The van der Waals surface area contributed by atoms with Gasteiger partial charge in [0.1, 0.15) is 5.78 Å². The Bertz CT molecular complexity index is 359. The number of carbonyl (C=O) groups is 1. The van der Waals surface area contributed by atoms with E-state index in [4.69, 9.17) is 0 Å². The Balaban J connectivity index is 1.90. The molecule has 0 N–H and O–H groups in total. The van der Waals surface area contributed by atoms with E-state index in [2.05, 4.69) is 34.1 Å². The molecule has 0 bridgehead atoms. The first-order valence-electron chi connectivity index (χ1n) is 5.53. The molecule has 1 aliphatic rings. The van der Waals surface area contributed by atoms with Crippen molar-refractivity contribution in [2.75, 3.05) is 0 Å². The summed E-state index contributed by atoms with van der Waals surface area (Å²) in [5.74, 6) is 0.814. The Hall–Kier alpha value is -0.630. The van der Waals surface area contributed by atoms with Crippen molar-refractivity contribution >= 4 is 21.7 Å². The molecular weight excluding hydrogens is 252 g/mol. The van der Waals surface area contributed by atoms with Gasteiger partial charge in [-0.05, 0) is 43.4 Å². The molecule has 1 aliphatic carbocycles. The summed E-state index contributed by atoms with van der Waals surface area (Å²) in [5.41, 5.74) is 1.32. The lowest BCUT2D eigenvalue weighted by molar-refractivity contribution is -0.120. The Kier molecular flexibility index (Phi) is 3.57. The van der Waals surface area contributed by atoms with Gasteiger partial charge in [-0.2, -0.15) is 0 Å². The number of carbonyl (C=O) groups excluding carboxylic acids is 1. The van der Waals surface area contributed by atoms with Gasteiger partial charge in [0.25, 0.3) is 0 Å². The fraction of sp³-hybridized carbons (Fsp3) is 0.462. The molecule has 1 unspecified atom stereocenters. The minimum atomic E-state index is 0.337. The van der Waals surface area contributed by atoms with Gasteiger partial charge in [-0.25, -0.2) is 0 Å². The summed E-state index contributed by atoms with van der Waals surface area (Å²) in [4.78, 5) is 11.5. The van der Waals surface area contributed by atoms with Crippen LogP contribution in [0.4, 0.5) is 0 Å². The molecule has 1 nitrogen and oxygen atoms in total. The van der Waals surface area contributed by atoms with Crippen LogP contribution in [0.25, 0.3) is 0 Å². The number of hydrogen-bond donors (Lipinski definition) is 0. The molecule has 0 spiro atoms. The monoisotopic (exact) mass is 266 g/mol. The maximum Gasteiger partial charge on any atom is 0.135 e. The highest BCUT2D eigenvalue weighted by atomic mass is 79.9. The summed E-state index contributed by atoms with van der Waals surface area (Å²) in [6.45, 7) is 0. The molecule has 1 atom stereocenters. The van der Waals surface area contributed by atoms with Crippen molar-refractivity contribution in [2.24, 2.45) is 5.92 Å². The zero-order valence-corrected chi connectivity index (χ0v) is 10.3. The first-order valence-corrected chi connectivity index (χ1v) is 6.32. The zero-order chi connectivity index (χ0) is 10.7. The summed E-state index contributed by atoms with van der Waals surface area (Å²) in [6, 6.07) is 8.35. The summed E-state index contributed by atoms with van der Waals surface area (Å²) in [6.07, 6.45) is 5.06. The fourth-order valence-corrected chi connectivity index (χ4v) is 2.67. The van der Waals surface area contributed by atoms with Crippen LogP contribution in [0.15, 0.2) is 28.7 Å². The van der Waals surface area contributed by atoms with Crippen LogP contribution in [0, 0.1) is 5.92 Å². The quantitative estimate of drug-likeness (QED) is 0.815. The normalized spacial score (nSPS) is 20.9. The highest BCUT2D eigenvalue weighted by Crippen LogP contribution is 2.26. The first kappa shape index (κ1) is 10.9. The number of aryl methyl sites for hydroxylation is 1. The van der Waals surface area contributed by atoms with Crippen LogP contribution in [0.1, 0.15) is 31.2 Å². The predicted molar refractivity (Wildman–Crippen MR) is 64.8 cm³/mol. The summed E-state index contributed by atoms with van der Waals surface area (Å²) >= 11 is 3.46. The van der Waals surface area contributed by atoms with E-state index in [1.807, 2.05) is 6.07 Å². The maximum absolute atomic E-state index is 11.5. The number of benzene rings is 1. The van der Waals surface area contributed by atoms with Crippen molar-refractivity contribution in [1.29, 1.82) is 0 Å². The second kappa shape index (κ2) is 4.93. The first-order chi connectivity index (χ1) is 7.25. The summed E-state index contributed by atoms with van der Waals surface area (Å²) in [7, 11) is 0. The topological polar surface area (TPSA) is 17.1 Å². The van der Waals surface area contributed by atoms with Crippen molar-refractivity contribution < 1.29 is 4.79 Å². The smallest absolute Gasteiger partial charge is 0.135 e. The second-order valence-electron chi connectivity index (χ2n) is 4.22. The molecule has 1 saturated carbocycles. The molecular formula is C13H15BrO. The SMILES string of the molecule is O=C1CCCC1CCc1cccc(Br)c1. The van der Waals surface area contributed by atoms with Crippen molar-refractivity contribution in [3.05, 3.63) is 34.3 Å². The molecule has 0 heterocycles.